The zero-order chi connectivity index (χ0) is 25.8. The van der Waals surface area contributed by atoms with Crippen LogP contribution in [0.5, 0.6) is 23.0 Å². The summed E-state index contributed by atoms with van der Waals surface area (Å²) in [6, 6.07) is 18.7. The summed E-state index contributed by atoms with van der Waals surface area (Å²) in [6.45, 7) is 0.730. The zero-order valence-electron chi connectivity index (χ0n) is 20.3. The highest BCUT2D eigenvalue weighted by molar-refractivity contribution is 6.21. The summed E-state index contributed by atoms with van der Waals surface area (Å²) < 4.78 is 22.2. The van der Waals surface area contributed by atoms with Crippen molar-refractivity contribution in [2.75, 3.05) is 32.2 Å². The van der Waals surface area contributed by atoms with E-state index in [1.807, 2.05) is 0 Å². The van der Waals surface area contributed by atoms with Crippen LogP contribution in [0.25, 0.3) is 0 Å². The molecular weight excluding hydrogens is 476 g/mol. The van der Waals surface area contributed by atoms with E-state index >= 15 is 0 Å². The number of ether oxygens (including phenoxy) is 4. The number of hydrogen-bond donors (Lipinski definition) is 1. The molecule has 0 saturated carbocycles. The van der Waals surface area contributed by atoms with Crippen LogP contribution >= 0.6 is 0 Å². The van der Waals surface area contributed by atoms with Crippen LogP contribution in [0, 0.1) is 0 Å². The number of carbonyl (C=O) groups is 3. The number of benzene rings is 3. The van der Waals surface area contributed by atoms with Crippen molar-refractivity contribution >= 4 is 23.4 Å². The third-order valence-corrected chi connectivity index (χ3v) is 6.12. The van der Waals surface area contributed by atoms with E-state index < -0.39 is 0 Å². The second kappa shape index (κ2) is 10.7. The van der Waals surface area contributed by atoms with E-state index in [2.05, 4.69) is 5.32 Å². The molecule has 3 aromatic rings. The summed E-state index contributed by atoms with van der Waals surface area (Å²) >= 11 is 0. The predicted octanol–water partition coefficient (Wildman–Crippen LogP) is 4.28. The van der Waals surface area contributed by atoms with E-state index in [1.54, 1.807) is 73.8 Å². The maximum Gasteiger partial charge on any atom is 0.262 e. The van der Waals surface area contributed by atoms with Gasteiger partial charge in [0.25, 0.3) is 17.7 Å². The van der Waals surface area contributed by atoms with Crippen molar-refractivity contribution in [2.24, 2.45) is 0 Å². The summed E-state index contributed by atoms with van der Waals surface area (Å²) in [5.74, 6) is 1.01. The van der Waals surface area contributed by atoms with E-state index in [4.69, 9.17) is 18.9 Å². The minimum atomic E-state index is -0.349. The molecule has 1 saturated heterocycles. The minimum absolute atomic E-state index is 0.114. The van der Waals surface area contributed by atoms with Gasteiger partial charge in [-0.25, -0.2) is 0 Å². The Morgan fingerprint density at radius 2 is 1.70 bits per heavy atom. The second-order valence-electron chi connectivity index (χ2n) is 8.71. The van der Waals surface area contributed by atoms with Crippen molar-refractivity contribution in [3.8, 4) is 23.0 Å². The quantitative estimate of drug-likeness (QED) is 0.436. The summed E-state index contributed by atoms with van der Waals surface area (Å²) in [5, 5.41) is 2.77. The number of nitrogens with one attached hydrogen (secondary N) is 1. The van der Waals surface area contributed by atoms with E-state index in [0.29, 0.717) is 46.4 Å². The second-order valence-corrected chi connectivity index (χ2v) is 8.71. The lowest BCUT2D eigenvalue weighted by molar-refractivity contribution is -0.118. The lowest BCUT2D eigenvalue weighted by Gasteiger charge is -2.17. The highest BCUT2D eigenvalue weighted by Crippen LogP contribution is 2.31. The first-order valence-corrected chi connectivity index (χ1v) is 12.0. The lowest BCUT2D eigenvalue weighted by atomic mass is 10.1. The van der Waals surface area contributed by atoms with Crippen LogP contribution in [0.3, 0.4) is 0 Å². The highest BCUT2D eigenvalue weighted by Gasteiger charge is 2.37. The monoisotopic (exact) mass is 502 g/mol. The molecule has 0 aromatic heterocycles. The Kier molecular flexibility index (Phi) is 7.04. The molecule has 9 nitrogen and oxygen atoms in total. The first kappa shape index (κ1) is 24.3. The largest absolute Gasteiger partial charge is 0.497 e. The first-order valence-electron chi connectivity index (χ1n) is 12.0. The average Bonchev–Trinajstić information content (AvgIpc) is 3.51. The smallest absolute Gasteiger partial charge is 0.262 e. The number of carbonyl (C=O) groups excluding carboxylic acids is 3. The molecule has 5 rings (SSSR count). The van der Waals surface area contributed by atoms with Gasteiger partial charge in [0.2, 0.25) is 0 Å². The van der Waals surface area contributed by atoms with Crippen molar-refractivity contribution in [1.29, 1.82) is 0 Å². The van der Waals surface area contributed by atoms with Crippen molar-refractivity contribution in [1.82, 2.24) is 4.90 Å². The number of anilines is 1. The van der Waals surface area contributed by atoms with Crippen molar-refractivity contribution in [2.45, 2.75) is 18.9 Å². The van der Waals surface area contributed by atoms with Gasteiger partial charge in [-0.1, -0.05) is 12.1 Å². The molecule has 1 unspecified atom stereocenters. The van der Waals surface area contributed by atoms with Crippen LogP contribution in [0.4, 0.5) is 5.69 Å². The lowest BCUT2D eigenvalue weighted by Crippen LogP contribution is -2.36. The maximum absolute atomic E-state index is 12.9. The molecular formula is C28H26N2O7. The zero-order valence-corrected chi connectivity index (χ0v) is 20.3. The van der Waals surface area contributed by atoms with Crippen LogP contribution in [-0.2, 0) is 9.53 Å². The molecule has 3 amide bonds. The molecule has 190 valence electrons. The van der Waals surface area contributed by atoms with Gasteiger partial charge in [0.05, 0.1) is 30.9 Å². The Hall–Kier alpha value is -4.37. The minimum Gasteiger partial charge on any atom is -0.497 e. The molecule has 1 atom stereocenters. The average molecular weight is 503 g/mol. The molecule has 2 heterocycles. The van der Waals surface area contributed by atoms with Gasteiger partial charge in [0.1, 0.15) is 23.0 Å². The fourth-order valence-corrected chi connectivity index (χ4v) is 4.30. The van der Waals surface area contributed by atoms with Gasteiger partial charge >= 0.3 is 0 Å². The standard InChI is InChI=1S/C28H26N2O7/c1-34-19-6-3-7-20(14-19)36-17-26(31)29-18-5-2-8-21(13-18)37-22-10-11-24-25(15-22)28(33)30(27(24)32)16-23-9-4-12-35-23/h2-3,5-8,10-11,13-15,23H,4,9,12,16-17H2,1H3,(H,29,31). The normalized spacial score (nSPS) is 16.5. The molecule has 2 aliphatic heterocycles. The van der Waals surface area contributed by atoms with Crippen molar-refractivity contribution in [3.05, 3.63) is 77.9 Å². The van der Waals surface area contributed by atoms with Gasteiger partial charge in [-0.2, -0.15) is 0 Å². The molecule has 0 aliphatic carbocycles. The van der Waals surface area contributed by atoms with E-state index in [9.17, 15) is 14.4 Å². The number of rotatable bonds is 9. The molecule has 0 spiro atoms. The van der Waals surface area contributed by atoms with E-state index in [1.165, 1.54) is 4.90 Å². The number of amides is 3. The molecule has 2 aliphatic rings. The van der Waals surface area contributed by atoms with Gasteiger partial charge in [-0.15, -0.1) is 0 Å². The number of hydrogen-bond acceptors (Lipinski definition) is 7. The molecule has 1 N–H and O–H groups in total. The molecule has 0 bridgehead atoms. The van der Waals surface area contributed by atoms with Crippen LogP contribution < -0.4 is 19.5 Å². The van der Waals surface area contributed by atoms with Gasteiger partial charge in [-0.05, 0) is 55.3 Å². The van der Waals surface area contributed by atoms with Crippen LogP contribution in [0.1, 0.15) is 33.6 Å². The Bertz CT molecular complexity index is 1330. The number of methoxy groups -OCH3 is 1. The fraction of sp³-hybridized carbons (Fsp3) is 0.250. The van der Waals surface area contributed by atoms with Gasteiger partial charge in [0.15, 0.2) is 6.61 Å². The fourth-order valence-electron chi connectivity index (χ4n) is 4.30. The van der Waals surface area contributed by atoms with Crippen LogP contribution in [-0.4, -0.2) is 55.6 Å². The summed E-state index contributed by atoms with van der Waals surface area (Å²) in [5.41, 5.74) is 1.18. The van der Waals surface area contributed by atoms with Crippen LogP contribution in [0.2, 0.25) is 0 Å². The third-order valence-electron chi connectivity index (χ3n) is 6.12. The topological polar surface area (TPSA) is 103 Å². The summed E-state index contributed by atoms with van der Waals surface area (Å²) in [4.78, 5) is 39.3. The molecule has 9 heteroatoms. The van der Waals surface area contributed by atoms with Crippen molar-refractivity contribution in [3.63, 3.8) is 0 Å². The maximum atomic E-state index is 12.9. The Labute approximate surface area is 213 Å². The van der Waals surface area contributed by atoms with E-state index in [0.717, 1.165) is 12.8 Å². The Morgan fingerprint density at radius 1 is 0.946 bits per heavy atom. The SMILES string of the molecule is COc1cccc(OCC(=O)Nc2cccc(Oc3ccc4c(c3)C(=O)N(CC3CCCO3)C4=O)c2)c1. The van der Waals surface area contributed by atoms with Gasteiger partial charge < -0.3 is 24.3 Å². The van der Waals surface area contributed by atoms with Crippen molar-refractivity contribution < 1.29 is 33.3 Å². The molecule has 0 radical (unpaired) electrons. The summed E-state index contributed by atoms with van der Waals surface area (Å²) in [7, 11) is 1.56. The predicted molar refractivity (Wildman–Crippen MR) is 134 cm³/mol. The Balaban J connectivity index is 1.21. The van der Waals surface area contributed by atoms with Gasteiger partial charge in [0, 0.05) is 24.4 Å². The molecule has 37 heavy (non-hydrogen) atoms. The number of fused-ring (bicyclic) bond motifs is 1. The van der Waals surface area contributed by atoms with E-state index in [-0.39, 0.29) is 37.0 Å². The number of imide groups is 1. The molecule has 1 fully saturated rings. The third kappa shape index (κ3) is 5.57. The highest BCUT2D eigenvalue weighted by atomic mass is 16.5. The van der Waals surface area contributed by atoms with Gasteiger partial charge in [-0.3, -0.25) is 19.3 Å². The number of nitrogens with zero attached hydrogens (tertiary/aromatic N) is 1. The Morgan fingerprint density at radius 3 is 2.51 bits per heavy atom. The summed E-state index contributed by atoms with van der Waals surface area (Å²) in [6.07, 6.45) is 1.65. The molecule has 3 aromatic carbocycles. The van der Waals surface area contributed by atoms with Crippen LogP contribution in [0.15, 0.2) is 66.7 Å². The first-order chi connectivity index (χ1) is 18.0.